The van der Waals surface area contributed by atoms with Crippen LogP contribution in [0.4, 0.5) is 0 Å². The Morgan fingerprint density at radius 2 is 2.09 bits per heavy atom. The minimum absolute atomic E-state index is 0.598. The van der Waals surface area contributed by atoms with Crippen molar-refractivity contribution in [2.45, 2.75) is 20.0 Å². The zero-order valence-electron chi connectivity index (χ0n) is 13.6. The molecule has 120 valence electrons. The van der Waals surface area contributed by atoms with E-state index in [0.717, 1.165) is 29.3 Å². The van der Waals surface area contributed by atoms with Gasteiger partial charge in [0.2, 0.25) is 5.89 Å². The van der Waals surface area contributed by atoms with Gasteiger partial charge in [0.05, 0.1) is 24.6 Å². The van der Waals surface area contributed by atoms with Gasteiger partial charge in [0, 0.05) is 13.1 Å². The number of hydrogen-bond acceptors (Lipinski definition) is 5. The van der Waals surface area contributed by atoms with Crippen molar-refractivity contribution in [2.75, 3.05) is 14.2 Å². The molecule has 0 atom stereocenters. The minimum Gasteiger partial charge on any atom is -0.497 e. The molecule has 0 aliphatic heterocycles. The summed E-state index contributed by atoms with van der Waals surface area (Å²) in [6, 6.07) is 9.92. The second-order valence-corrected chi connectivity index (χ2v) is 5.56. The van der Waals surface area contributed by atoms with Gasteiger partial charge in [-0.05, 0) is 37.7 Å². The van der Waals surface area contributed by atoms with Crippen molar-refractivity contribution in [1.29, 1.82) is 0 Å². The number of aryl methyl sites for hydroxylation is 1. The molecule has 0 fully saturated rings. The average Bonchev–Trinajstić information content (AvgIpc) is 3.18. The first-order valence-corrected chi connectivity index (χ1v) is 7.46. The Morgan fingerprint density at radius 1 is 1.22 bits per heavy atom. The van der Waals surface area contributed by atoms with Crippen molar-refractivity contribution in [3.05, 3.63) is 59.9 Å². The first kappa shape index (κ1) is 15.4. The van der Waals surface area contributed by atoms with E-state index in [0.29, 0.717) is 12.4 Å². The third-order valence-corrected chi connectivity index (χ3v) is 3.67. The molecular formula is C18H20N2O3. The Morgan fingerprint density at radius 3 is 2.83 bits per heavy atom. The monoisotopic (exact) mass is 312 g/mol. The molecule has 5 nitrogen and oxygen atoms in total. The summed E-state index contributed by atoms with van der Waals surface area (Å²) in [6.07, 6.45) is 3.25. The predicted octanol–water partition coefficient (Wildman–Crippen LogP) is 3.88. The normalized spacial score (nSPS) is 11.1. The molecule has 0 saturated carbocycles. The minimum atomic E-state index is 0.598. The van der Waals surface area contributed by atoms with Crippen molar-refractivity contribution in [3.8, 4) is 17.2 Å². The van der Waals surface area contributed by atoms with E-state index in [2.05, 4.69) is 23.0 Å². The molecule has 0 radical (unpaired) electrons. The summed E-state index contributed by atoms with van der Waals surface area (Å²) >= 11 is 0. The number of methoxy groups -OCH3 is 1. The fourth-order valence-electron chi connectivity index (χ4n) is 2.48. The Balaban J connectivity index is 1.69. The lowest BCUT2D eigenvalue weighted by molar-refractivity contribution is 0.312. The van der Waals surface area contributed by atoms with E-state index in [1.54, 1.807) is 19.6 Å². The highest BCUT2D eigenvalue weighted by molar-refractivity contribution is 5.51. The molecule has 0 bridgehead atoms. The third kappa shape index (κ3) is 3.63. The van der Waals surface area contributed by atoms with E-state index in [9.17, 15) is 0 Å². The van der Waals surface area contributed by atoms with Crippen LogP contribution in [0.5, 0.6) is 5.75 Å². The Bertz CT molecular complexity index is 762. The molecule has 0 spiro atoms. The number of aromatic nitrogens is 1. The van der Waals surface area contributed by atoms with Crippen LogP contribution in [0.3, 0.4) is 0 Å². The number of nitrogens with zero attached hydrogens (tertiary/aromatic N) is 2. The number of hydrogen-bond donors (Lipinski definition) is 0. The van der Waals surface area contributed by atoms with Crippen LogP contribution in [0.15, 0.2) is 51.7 Å². The van der Waals surface area contributed by atoms with Crippen LogP contribution in [-0.2, 0) is 13.1 Å². The quantitative estimate of drug-likeness (QED) is 0.691. The Labute approximate surface area is 135 Å². The van der Waals surface area contributed by atoms with Gasteiger partial charge in [-0.25, -0.2) is 4.98 Å². The van der Waals surface area contributed by atoms with Crippen LogP contribution >= 0.6 is 0 Å². The third-order valence-electron chi connectivity index (χ3n) is 3.67. The zero-order valence-corrected chi connectivity index (χ0v) is 13.6. The molecule has 0 amide bonds. The summed E-state index contributed by atoms with van der Waals surface area (Å²) in [7, 11) is 3.74. The summed E-state index contributed by atoms with van der Waals surface area (Å²) < 4.78 is 16.1. The number of benzene rings is 1. The van der Waals surface area contributed by atoms with Crippen molar-refractivity contribution in [1.82, 2.24) is 9.88 Å². The van der Waals surface area contributed by atoms with Crippen molar-refractivity contribution < 1.29 is 13.6 Å². The van der Waals surface area contributed by atoms with E-state index in [1.807, 2.05) is 31.2 Å². The molecule has 1 aromatic carbocycles. The fourth-order valence-corrected chi connectivity index (χ4v) is 2.48. The molecule has 0 aliphatic rings. The molecule has 0 N–H and O–H groups in total. The van der Waals surface area contributed by atoms with Gasteiger partial charge in [-0.3, -0.25) is 4.90 Å². The van der Waals surface area contributed by atoms with Crippen LogP contribution in [0.2, 0.25) is 0 Å². The summed E-state index contributed by atoms with van der Waals surface area (Å²) in [4.78, 5) is 6.77. The first-order chi connectivity index (χ1) is 11.2. The summed E-state index contributed by atoms with van der Waals surface area (Å²) in [5, 5.41) is 0. The highest BCUT2D eigenvalue weighted by Gasteiger charge is 2.14. The van der Waals surface area contributed by atoms with Gasteiger partial charge in [-0.1, -0.05) is 12.1 Å². The molecule has 5 heteroatoms. The maximum absolute atomic E-state index is 5.73. The van der Waals surface area contributed by atoms with E-state index < -0.39 is 0 Å². The molecule has 0 saturated heterocycles. The maximum atomic E-state index is 5.73. The number of furan rings is 1. The molecule has 0 aliphatic carbocycles. The van der Waals surface area contributed by atoms with Gasteiger partial charge in [-0.2, -0.15) is 0 Å². The topological polar surface area (TPSA) is 51.6 Å². The Kier molecular flexibility index (Phi) is 4.48. The molecular weight excluding hydrogens is 292 g/mol. The lowest BCUT2D eigenvalue weighted by atomic mass is 10.2. The van der Waals surface area contributed by atoms with Crippen LogP contribution in [0, 0.1) is 6.92 Å². The van der Waals surface area contributed by atoms with E-state index in [4.69, 9.17) is 13.6 Å². The van der Waals surface area contributed by atoms with Crippen LogP contribution in [-0.4, -0.2) is 24.0 Å². The maximum Gasteiger partial charge on any atom is 0.229 e. The van der Waals surface area contributed by atoms with Gasteiger partial charge >= 0.3 is 0 Å². The first-order valence-electron chi connectivity index (χ1n) is 7.46. The number of ether oxygens (including phenoxy) is 1. The average molecular weight is 312 g/mol. The smallest absolute Gasteiger partial charge is 0.229 e. The van der Waals surface area contributed by atoms with Crippen LogP contribution in [0.25, 0.3) is 11.5 Å². The molecule has 23 heavy (non-hydrogen) atoms. The van der Waals surface area contributed by atoms with Crippen molar-refractivity contribution >= 4 is 0 Å². The second-order valence-electron chi connectivity index (χ2n) is 5.56. The lowest BCUT2D eigenvalue weighted by Crippen LogP contribution is -2.18. The zero-order chi connectivity index (χ0) is 16.2. The van der Waals surface area contributed by atoms with E-state index >= 15 is 0 Å². The standard InChI is InChI=1S/C18H20N2O3/c1-13-17(19-18(23-13)15-7-8-22-12-15)11-20(2)10-14-5-4-6-16(9-14)21-3/h4-9,12H,10-11H2,1-3H3. The number of rotatable bonds is 6. The lowest BCUT2D eigenvalue weighted by Gasteiger charge is -2.16. The van der Waals surface area contributed by atoms with Gasteiger partial charge < -0.3 is 13.6 Å². The summed E-state index contributed by atoms with van der Waals surface area (Å²) in [5.74, 6) is 2.30. The summed E-state index contributed by atoms with van der Waals surface area (Å²) in [5.41, 5.74) is 2.99. The SMILES string of the molecule is COc1cccc(CN(C)Cc2nc(-c3ccoc3)oc2C)c1. The van der Waals surface area contributed by atoms with Crippen LogP contribution < -0.4 is 4.74 Å². The highest BCUT2D eigenvalue weighted by Crippen LogP contribution is 2.23. The largest absolute Gasteiger partial charge is 0.497 e. The predicted molar refractivity (Wildman–Crippen MR) is 87.1 cm³/mol. The van der Waals surface area contributed by atoms with Gasteiger partial charge in [0.15, 0.2) is 0 Å². The van der Waals surface area contributed by atoms with E-state index in [1.165, 1.54) is 5.56 Å². The van der Waals surface area contributed by atoms with Gasteiger partial charge in [-0.15, -0.1) is 0 Å². The highest BCUT2D eigenvalue weighted by atomic mass is 16.5. The van der Waals surface area contributed by atoms with Crippen LogP contribution in [0.1, 0.15) is 17.0 Å². The fraction of sp³-hybridized carbons (Fsp3) is 0.278. The van der Waals surface area contributed by atoms with E-state index in [-0.39, 0.29) is 0 Å². The van der Waals surface area contributed by atoms with Crippen molar-refractivity contribution in [3.63, 3.8) is 0 Å². The molecule has 0 unspecified atom stereocenters. The number of oxazole rings is 1. The summed E-state index contributed by atoms with van der Waals surface area (Å²) in [6.45, 7) is 3.46. The van der Waals surface area contributed by atoms with Gasteiger partial charge in [0.1, 0.15) is 17.8 Å². The molecule has 3 rings (SSSR count). The molecule has 3 aromatic rings. The molecule has 2 heterocycles. The second kappa shape index (κ2) is 6.71. The molecule has 2 aromatic heterocycles. The van der Waals surface area contributed by atoms with Gasteiger partial charge in [0.25, 0.3) is 0 Å². The van der Waals surface area contributed by atoms with Crippen molar-refractivity contribution in [2.24, 2.45) is 0 Å². The Hall–Kier alpha value is -2.53.